The molecule has 19 heavy (non-hydrogen) atoms. The molecule has 0 radical (unpaired) electrons. The Bertz CT molecular complexity index is 588. The van der Waals surface area contributed by atoms with Crippen LogP contribution in [0.1, 0.15) is 23.0 Å². The van der Waals surface area contributed by atoms with E-state index in [2.05, 4.69) is 15.5 Å². The van der Waals surface area contributed by atoms with Crippen LogP contribution in [-0.4, -0.2) is 23.7 Å². The lowest BCUT2D eigenvalue weighted by Gasteiger charge is -2.04. The topological polar surface area (TPSA) is 66.5 Å². The van der Waals surface area contributed by atoms with Crippen molar-refractivity contribution in [2.24, 2.45) is 5.10 Å². The van der Waals surface area contributed by atoms with Crippen LogP contribution in [0.2, 0.25) is 0 Å². The van der Waals surface area contributed by atoms with E-state index in [0.29, 0.717) is 11.4 Å². The molecule has 2 aromatic rings. The lowest BCUT2D eigenvalue weighted by atomic mass is 10.1. The first-order chi connectivity index (χ1) is 9.20. The quantitative estimate of drug-likeness (QED) is 0.651. The van der Waals surface area contributed by atoms with Gasteiger partial charge in [0.15, 0.2) is 0 Å². The second kappa shape index (κ2) is 5.86. The van der Waals surface area contributed by atoms with Gasteiger partial charge in [-0.05, 0) is 31.2 Å². The summed E-state index contributed by atoms with van der Waals surface area (Å²) < 4.78 is 5.14. The van der Waals surface area contributed by atoms with Gasteiger partial charge in [-0.1, -0.05) is 12.1 Å². The van der Waals surface area contributed by atoms with E-state index < -0.39 is 0 Å². The van der Waals surface area contributed by atoms with Crippen LogP contribution in [0, 0.1) is 0 Å². The molecule has 0 fully saturated rings. The van der Waals surface area contributed by atoms with E-state index in [-0.39, 0.29) is 5.91 Å². The van der Waals surface area contributed by atoms with E-state index in [0.717, 1.165) is 11.3 Å². The van der Waals surface area contributed by atoms with E-state index in [4.69, 9.17) is 4.74 Å². The maximum Gasteiger partial charge on any atom is 0.287 e. The predicted molar refractivity (Wildman–Crippen MR) is 73.5 cm³/mol. The first kappa shape index (κ1) is 12.9. The molecule has 0 aliphatic rings. The van der Waals surface area contributed by atoms with Gasteiger partial charge < -0.3 is 9.72 Å². The summed E-state index contributed by atoms with van der Waals surface area (Å²) in [6.45, 7) is 1.82. The molecule has 5 heteroatoms. The number of nitrogens with zero attached hydrogens (tertiary/aromatic N) is 1. The van der Waals surface area contributed by atoms with E-state index in [1.165, 1.54) is 0 Å². The highest BCUT2D eigenvalue weighted by Crippen LogP contribution is 2.13. The molecule has 1 amide bonds. The zero-order chi connectivity index (χ0) is 13.7. The van der Waals surface area contributed by atoms with Crippen molar-refractivity contribution in [2.45, 2.75) is 6.92 Å². The van der Waals surface area contributed by atoms with Crippen molar-refractivity contribution < 1.29 is 9.53 Å². The van der Waals surface area contributed by atoms with Crippen LogP contribution in [0.3, 0.4) is 0 Å². The molecule has 1 aromatic carbocycles. The number of hydrogen-bond acceptors (Lipinski definition) is 3. The molecule has 98 valence electrons. The monoisotopic (exact) mass is 257 g/mol. The Balaban J connectivity index is 2.08. The van der Waals surface area contributed by atoms with Crippen molar-refractivity contribution in [3.8, 4) is 5.75 Å². The Morgan fingerprint density at radius 1 is 1.32 bits per heavy atom. The Labute approximate surface area is 111 Å². The van der Waals surface area contributed by atoms with Gasteiger partial charge in [0.1, 0.15) is 11.4 Å². The van der Waals surface area contributed by atoms with E-state index in [1.54, 1.807) is 25.4 Å². The Morgan fingerprint density at radius 2 is 2.16 bits per heavy atom. The summed E-state index contributed by atoms with van der Waals surface area (Å²) in [5.74, 6) is 0.481. The van der Waals surface area contributed by atoms with Crippen LogP contribution in [0.15, 0.2) is 47.7 Å². The fraction of sp³-hybridized carbons (Fsp3) is 0.143. The summed E-state index contributed by atoms with van der Waals surface area (Å²) in [5.41, 5.74) is 4.57. The molecule has 0 atom stereocenters. The minimum Gasteiger partial charge on any atom is -0.497 e. The van der Waals surface area contributed by atoms with Gasteiger partial charge >= 0.3 is 0 Å². The van der Waals surface area contributed by atoms with Crippen LogP contribution in [0.25, 0.3) is 0 Å². The minimum atomic E-state index is -0.271. The van der Waals surface area contributed by atoms with Gasteiger partial charge in [0.05, 0.1) is 12.8 Å². The highest BCUT2D eigenvalue weighted by atomic mass is 16.5. The van der Waals surface area contributed by atoms with Crippen LogP contribution in [-0.2, 0) is 0 Å². The fourth-order valence-corrected chi connectivity index (χ4v) is 1.58. The second-order valence-corrected chi connectivity index (χ2v) is 3.95. The summed E-state index contributed by atoms with van der Waals surface area (Å²) in [6.07, 6.45) is 1.69. The zero-order valence-electron chi connectivity index (χ0n) is 10.8. The molecule has 0 aliphatic heterocycles. The standard InChI is InChI=1S/C14H15N3O2/c1-10(11-5-3-6-12(9-11)19-2)16-17-14(18)13-7-4-8-15-13/h3-9,15H,1-2H3,(H,17,18)/b16-10-. The lowest BCUT2D eigenvalue weighted by molar-refractivity contribution is 0.0950. The highest BCUT2D eigenvalue weighted by Gasteiger charge is 2.05. The first-order valence-corrected chi connectivity index (χ1v) is 5.83. The molecular formula is C14H15N3O2. The van der Waals surface area contributed by atoms with Crippen LogP contribution >= 0.6 is 0 Å². The van der Waals surface area contributed by atoms with Gasteiger partial charge in [0.2, 0.25) is 0 Å². The van der Waals surface area contributed by atoms with Crippen molar-refractivity contribution in [1.29, 1.82) is 0 Å². The summed E-state index contributed by atoms with van der Waals surface area (Å²) >= 11 is 0. The van der Waals surface area contributed by atoms with E-state index in [9.17, 15) is 4.79 Å². The second-order valence-electron chi connectivity index (χ2n) is 3.95. The number of hydrogen-bond donors (Lipinski definition) is 2. The number of ether oxygens (including phenoxy) is 1. The van der Waals surface area contributed by atoms with Crippen LogP contribution in [0.5, 0.6) is 5.75 Å². The smallest absolute Gasteiger partial charge is 0.287 e. The summed E-state index contributed by atoms with van der Waals surface area (Å²) in [5, 5.41) is 4.07. The lowest BCUT2D eigenvalue weighted by Crippen LogP contribution is -2.19. The molecule has 0 bridgehead atoms. The fourth-order valence-electron chi connectivity index (χ4n) is 1.58. The Morgan fingerprint density at radius 3 is 2.84 bits per heavy atom. The van der Waals surface area contributed by atoms with Gasteiger partial charge in [0, 0.05) is 11.8 Å². The third kappa shape index (κ3) is 3.22. The number of carbonyl (C=O) groups is 1. The Hall–Kier alpha value is -2.56. The number of rotatable bonds is 4. The van der Waals surface area contributed by atoms with Crippen molar-refractivity contribution in [3.63, 3.8) is 0 Å². The van der Waals surface area contributed by atoms with Gasteiger partial charge in [-0.3, -0.25) is 4.79 Å². The zero-order valence-corrected chi connectivity index (χ0v) is 10.8. The normalized spacial score (nSPS) is 11.2. The minimum absolute atomic E-state index is 0.271. The first-order valence-electron chi connectivity index (χ1n) is 5.83. The number of amides is 1. The summed E-state index contributed by atoms with van der Waals surface area (Å²) in [7, 11) is 1.61. The molecule has 0 saturated heterocycles. The highest BCUT2D eigenvalue weighted by molar-refractivity contribution is 6.00. The van der Waals surface area contributed by atoms with Crippen molar-refractivity contribution >= 4 is 11.6 Å². The third-order valence-electron chi connectivity index (χ3n) is 2.66. The molecule has 0 aliphatic carbocycles. The number of methoxy groups -OCH3 is 1. The molecule has 0 spiro atoms. The van der Waals surface area contributed by atoms with Crippen molar-refractivity contribution in [3.05, 3.63) is 53.9 Å². The molecule has 2 rings (SSSR count). The van der Waals surface area contributed by atoms with Gasteiger partial charge in [-0.2, -0.15) is 5.10 Å². The third-order valence-corrected chi connectivity index (χ3v) is 2.66. The maximum absolute atomic E-state index is 11.7. The molecule has 1 aromatic heterocycles. The Kier molecular flexibility index (Phi) is 3.97. The number of H-pyrrole nitrogens is 1. The predicted octanol–water partition coefficient (Wildman–Crippen LogP) is 2.18. The SMILES string of the molecule is COc1cccc(/C(C)=N\NC(=O)c2ccc[nH]2)c1. The van der Waals surface area contributed by atoms with E-state index >= 15 is 0 Å². The van der Waals surface area contributed by atoms with Gasteiger partial charge in [-0.15, -0.1) is 0 Å². The number of benzene rings is 1. The number of nitrogens with one attached hydrogen (secondary N) is 2. The van der Waals surface area contributed by atoms with Crippen molar-refractivity contribution in [1.82, 2.24) is 10.4 Å². The maximum atomic E-state index is 11.7. The molecule has 5 nitrogen and oxygen atoms in total. The summed E-state index contributed by atoms with van der Waals surface area (Å²) in [4.78, 5) is 14.5. The van der Waals surface area contributed by atoms with Crippen LogP contribution in [0.4, 0.5) is 0 Å². The molecule has 0 saturated carbocycles. The average Bonchev–Trinajstić information content (AvgIpc) is 2.98. The largest absolute Gasteiger partial charge is 0.497 e. The average molecular weight is 257 g/mol. The number of aromatic amines is 1. The van der Waals surface area contributed by atoms with Gasteiger partial charge in [0.25, 0.3) is 5.91 Å². The molecular weight excluding hydrogens is 242 g/mol. The molecule has 0 unspecified atom stereocenters. The number of carbonyl (C=O) groups excluding carboxylic acids is 1. The van der Waals surface area contributed by atoms with Crippen molar-refractivity contribution in [2.75, 3.05) is 7.11 Å². The van der Waals surface area contributed by atoms with Gasteiger partial charge in [-0.25, -0.2) is 5.43 Å². The van der Waals surface area contributed by atoms with E-state index in [1.807, 2.05) is 31.2 Å². The molecule has 1 heterocycles. The molecule has 2 N–H and O–H groups in total. The van der Waals surface area contributed by atoms with Crippen LogP contribution < -0.4 is 10.2 Å². The number of hydrazone groups is 1. The number of aromatic nitrogens is 1. The summed E-state index contributed by atoms with van der Waals surface area (Å²) in [6, 6.07) is 10.9.